The molecule has 2 heteroatoms. The van der Waals surface area contributed by atoms with Gasteiger partial charge in [0.25, 0.3) is 0 Å². The van der Waals surface area contributed by atoms with E-state index in [1.54, 1.807) is 11.1 Å². The summed E-state index contributed by atoms with van der Waals surface area (Å²) in [6.45, 7) is 0. The van der Waals surface area contributed by atoms with Crippen molar-refractivity contribution in [3.05, 3.63) is 199 Å². The lowest BCUT2D eigenvalue weighted by molar-refractivity contribution is -0.0399. The van der Waals surface area contributed by atoms with Crippen LogP contribution in [0.2, 0.25) is 0 Å². The summed E-state index contributed by atoms with van der Waals surface area (Å²) in [6, 6.07) is 69.8. The zero-order valence-electron chi connectivity index (χ0n) is 33.6. The Kier molecular flexibility index (Phi) is 7.52. The van der Waals surface area contributed by atoms with Crippen LogP contribution in [0.5, 0.6) is 0 Å². The maximum Gasteiger partial charge on any atom is 0.137 e. The molecule has 9 aromatic rings. The summed E-state index contributed by atoms with van der Waals surface area (Å²) in [5.41, 5.74) is 18.6. The monoisotopic (exact) mass is 771 g/mol. The minimum absolute atomic E-state index is 0.0582. The van der Waals surface area contributed by atoms with Crippen LogP contribution in [0.25, 0.3) is 66.4 Å². The lowest BCUT2D eigenvalue weighted by Crippen LogP contribution is -2.55. The Labute approximate surface area is 351 Å². The van der Waals surface area contributed by atoms with Crippen molar-refractivity contribution in [2.75, 3.05) is 4.90 Å². The Hall–Kier alpha value is -6.64. The van der Waals surface area contributed by atoms with Gasteiger partial charge in [-0.05, 0) is 131 Å². The van der Waals surface area contributed by atoms with Crippen LogP contribution in [-0.2, 0) is 5.41 Å². The molecule has 14 rings (SSSR count). The molecule has 0 atom stereocenters. The van der Waals surface area contributed by atoms with Crippen LogP contribution in [0.4, 0.5) is 17.1 Å². The molecule has 0 unspecified atom stereocenters. The molecule has 288 valence electrons. The van der Waals surface area contributed by atoms with E-state index in [1.807, 2.05) is 0 Å². The molecule has 8 aromatic carbocycles. The van der Waals surface area contributed by atoms with Crippen LogP contribution < -0.4 is 4.90 Å². The normalized spacial score (nSPS) is 22.1. The molecule has 2 nitrogen and oxygen atoms in total. The number of hydrogen-bond donors (Lipinski definition) is 0. The van der Waals surface area contributed by atoms with Crippen LogP contribution in [0.1, 0.15) is 43.2 Å². The Morgan fingerprint density at radius 3 is 1.67 bits per heavy atom. The van der Waals surface area contributed by atoms with E-state index in [0.29, 0.717) is 11.8 Å². The standard InChI is InChI=1S/C58H45NO/c1-2-16-39(17-3-1)42-18-4-5-19-43(42)44-20-6-7-21-45(44)46-22-9-12-27-51(46)59(53-29-15-31-55-57(53)48-24-10-13-30-54(48)60-55)52-28-14-26-50-56(52)47-23-8-11-25-49(47)58(50)40-33-37-32-38(35-40)36-41(58)34-37/h1-31,37-38,40-41H,32-36H2. The highest BCUT2D eigenvalue weighted by Gasteiger charge is 2.62. The quantitative estimate of drug-likeness (QED) is 0.167. The second kappa shape index (κ2) is 13.2. The van der Waals surface area contributed by atoms with Crippen molar-refractivity contribution < 1.29 is 4.42 Å². The number of rotatable bonds is 6. The van der Waals surface area contributed by atoms with Gasteiger partial charge in [-0.15, -0.1) is 0 Å². The SMILES string of the molecule is c1ccc(-c2ccccc2-c2ccccc2-c2ccccc2N(c2cccc3c2-c2ccccc2C32C3CC4CC(C3)CC2C4)c2cccc3oc4ccccc4c23)cc1. The molecule has 1 spiro atoms. The van der Waals surface area contributed by atoms with E-state index in [0.717, 1.165) is 45.1 Å². The van der Waals surface area contributed by atoms with Crippen molar-refractivity contribution in [2.45, 2.75) is 37.5 Å². The van der Waals surface area contributed by atoms with E-state index < -0.39 is 0 Å². The van der Waals surface area contributed by atoms with E-state index in [4.69, 9.17) is 4.42 Å². The van der Waals surface area contributed by atoms with Crippen molar-refractivity contribution in [3.8, 4) is 44.5 Å². The largest absolute Gasteiger partial charge is 0.456 e. The van der Waals surface area contributed by atoms with Gasteiger partial charge < -0.3 is 9.32 Å². The average molecular weight is 772 g/mol. The third kappa shape index (κ3) is 4.82. The molecule has 1 aromatic heterocycles. The molecule has 60 heavy (non-hydrogen) atoms. The first-order valence-electron chi connectivity index (χ1n) is 22.0. The van der Waals surface area contributed by atoms with Crippen molar-refractivity contribution >= 4 is 39.0 Å². The first-order valence-corrected chi connectivity index (χ1v) is 22.0. The Morgan fingerprint density at radius 2 is 0.900 bits per heavy atom. The van der Waals surface area contributed by atoms with Gasteiger partial charge in [-0.3, -0.25) is 0 Å². The topological polar surface area (TPSA) is 16.4 Å². The summed E-state index contributed by atoms with van der Waals surface area (Å²) >= 11 is 0. The number of para-hydroxylation sites is 2. The third-order valence-electron chi connectivity index (χ3n) is 15.1. The summed E-state index contributed by atoms with van der Waals surface area (Å²) in [5.74, 6) is 3.15. The zero-order chi connectivity index (χ0) is 39.4. The third-order valence-corrected chi connectivity index (χ3v) is 15.1. The van der Waals surface area contributed by atoms with Crippen LogP contribution in [-0.4, -0.2) is 0 Å². The van der Waals surface area contributed by atoms with E-state index in [1.165, 1.54) is 82.3 Å². The van der Waals surface area contributed by atoms with Crippen LogP contribution in [0.3, 0.4) is 0 Å². The number of anilines is 3. The van der Waals surface area contributed by atoms with Crippen molar-refractivity contribution in [3.63, 3.8) is 0 Å². The maximum absolute atomic E-state index is 6.64. The fourth-order valence-corrected chi connectivity index (χ4v) is 13.1. The fraction of sp³-hybridized carbons (Fsp3) is 0.172. The number of hydrogen-bond acceptors (Lipinski definition) is 2. The van der Waals surface area contributed by atoms with E-state index in [9.17, 15) is 0 Å². The molecule has 0 radical (unpaired) electrons. The molecule has 5 aliphatic carbocycles. The van der Waals surface area contributed by atoms with Crippen LogP contribution in [0, 0.1) is 23.7 Å². The lowest BCUT2D eigenvalue weighted by Gasteiger charge is -2.61. The van der Waals surface area contributed by atoms with Crippen molar-refractivity contribution in [1.82, 2.24) is 0 Å². The first kappa shape index (κ1) is 34.2. The number of furan rings is 1. The van der Waals surface area contributed by atoms with Gasteiger partial charge >= 0.3 is 0 Å². The fourth-order valence-electron chi connectivity index (χ4n) is 13.1. The minimum atomic E-state index is 0.0582. The van der Waals surface area contributed by atoms with Gasteiger partial charge in [0.05, 0.1) is 22.4 Å². The minimum Gasteiger partial charge on any atom is -0.456 e. The maximum atomic E-state index is 6.64. The predicted molar refractivity (Wildman–Crippen MR) is 248 cm³/mol. The summed E-state index contributed by atoms with van der Waals surface area (Å²) in [6.07, 6.45) is 6.89. The Bertz CT molecular complexity index is 3110. The summed E-state index contributed by atoms with van der Waals surface area (Å²) < 4.78 is 6.64. The molecule has 4 fully saturated rings. The van der Waals surface area contributed by atoms with Crippen LogP contribution >= 0.6 is 0 Å². The molecule has 5 aliphatic rings. The molecule has 4 saturated carbocycles. The van der Waals surface area contributed by atoms with E-state index in [2.05, 4.69) is 193 Å². The van der Waals surface area contributed by atoms with Gasteiger partial charge in [-0.1, -0.05) is 158 Å². The second-order valence-corrected chi connectivity index (χ2v) is 18.0. The van der Waals surface area contributed by atoms with Gasteiger partial charge in [0.2, 0.25) is 0 Å². The van der Waals surface area contributed by atoms with Crippen molar-refractivity contribution in [1.29, 1.82) is 0 Å². The molecule has 0 aliphatic heterocycles. The zero-order valence-corrected chi connectivity index (χ0v) is 33.6. The van der Waals surface area contributed by atoms with Crippen LogP contribution in [0.15, 0.2) is 192 Å². The molecule has 0 N–H and O–H groups in total. The Balaban J connectivity index is 1.10. The van der Waals surface area contributed by atoms with Gasteiger partial charge in [0.1, 0.15) is 11.2 Å². The van der Waals surface area contributed by atoms with Gasteiger partial charge in [-0.25, -0.2) is 0 Å². The second-order valence-electron chi connectivity index (χ2n) is 18.0. The molecule has 0 amide bonds. The van der Waals surface area contributed by atoms with Crippen molar-refractivity contribution in [2.24, 2.45) is 23.7 Å². The lowest BCUT2D eigenvalue weighted by atomic mass is 9.43. The highest BCUT2D eigenvalue weighted by Crippen LogP contribution is 2.70. The molecular weight excluding hydrogens is 727 g/mol. The molecule has 0 saturated heterocycles. The van der Waals surface area contributed by atoms with Gasteiger partial charge in [0, 0.05) is 21.9 Å². The van der Waals surface area contributed by atoms with E-state index >= 15 is 0 Å². The smallest absolute Gasteiger partial charge is 0.137 e. The molecule has 1 heterocycles. The van der Waals surface area contributed by atoms with E-state index in [-0.39, 0.29) is 5.41 Å². The highest BCUT2D eigenvalue weighted by atomic mass is 16.3. The molecule has 4 bridgehead atoms. The summed E-state index contributed by atoms with van der Waals surface area (Å²) in [7, 11) is 0. The average Bonchev–Trinajstić information content (AvgIpc) is 3.83. The Morgan fingerprint density at radius 1 is 0.383 bits per heavy atom. The molecular formula is C58H45NO. The first-order chi connectivity index (χ1) is 29.8. The number of fused-ring (bicyclic) bond motifs is 6. The predicted octanol–water partition coefficient (Wildman–Crippen LogP) is 15.8. The number of benzene rings is 8. The van der Waals surface area contributed by atoms with Gasteiger partial charge in [0.15, 0.2) is 0 Å². The number of nitrogens with zero attached hydrogens (tertiary/aromatic N) is 1. The van der Waals surface area contributed by atoms with Gasteiger partial charge in [-0.2, -0.15) is 0 Å². The summed E-state index contributed by atoms with van der Waals surface area (Å²) in [5, 5.41) is 2.27. The highest BCUT2D eigenvalue weighted by molar-refractivity contribution is 6.15. The summed E-state index contributed by atoms with van der Waals surface area (Å²) in [4.78, 5) is 2.60.